The first kappa shape index (κ1) is 20.2. The third-order valence-electron chi connectivity index (χ3n) is 4.74. The van der Waals surface area contributed by atoms with Gasteiger partial charge in [0.1, 0.15) is 0 Å². The first-order chi connectivity index (χ1) is 14.5. The van der Waals surface area contributed by atoms with Crippen molar-refractivity contribution in [1.82, 2.24) is 19.4 Å². The Balaban J connectivity index is 1.43. The summed E-state index contributed by atoms with van der Waals surface area (Å²) in [5.41, 5.74) is 0.814. The molecule has 3 heterocycles. The van der Waals surface area contributed by atoms with Gasteiger partial charge in [0.2, 0.25) is 15.8 Å². The lowest BCUT2D eigenvalue weighted by atomic mass is 10.2. The summed E-state index contributed by atoms with van der Waals surface area (Å²) in [5, 5.41) is 3.83. The van der Waals surface area contributed by atoms with Gasteiger partial charge in [0.05, 0.1) is 10.5 Å². The largest absolute Gasteiger partial charge is 0.452 e. The topological polar surface area (TPSA) is 115 Å². The molecule has 30 heavy (non-hydrogen) atoms. The molecule has 1 saturated heterocycles. The lowest BCUT2D eigenvalue weighted by Gasteiger charge is -2.25. The van der Waals surface area contributed by atoms with Crippen molar-refractivity contribution in [3.8, 4) is 11.4 Å². The molecule has 0 aliphatic carbocycles. The molecule has 0 amide bonds. The first-order valence-corrected chi connectivity index (χ1v) is 11.0. The van der Waals surface area contributed by atoms with E-state index in [0.717, 1.165) is 19.3 Å². The van der Waals surface area contributed by atoms with Gasteiger partial charge in [-0.1, -0.05) is 17.6 Å². The van der Waals surface area contributed by atoms with Crippen LogP contribution in [0.3, 0.4) is 0 Å². The van der Waals surface area contributed by atoms with Crippen molar-refractivity contribution >= 4 is 16.0 Å². The Morgan fingerprint density at radius 1 is 1.13 bits per heavy atom. The van der Waals surface area contributed by atoms with E-state index in [9.17, 15) is 13.2 Å². The highest BCUT2D eigenvalue weighted by atomic mass is 32.2. The Labute approximate surface area is 173 Å². The number of carbonyl (C=O) groups is 1. The number of sulfonamides is 1. The van der Waals surface area contributed by atoms with Crippen LogP contribution < -0.4 is 0 Å². The highest BCUT2D eigenvalue weighted by Crippen LogP contribution is 2.22. The maximum Gasteiger partial charge on any atom is 0.338 e. The SMILES string of the molecule is O=C(OCc1nc(-c2cccnc2)no1)c1cccc(S(=O)(=O)N2CCCCC2)c1. The number of esters is 1. The Morgan fingerprint density at radius 2 is 1.97 bits per heavy atom. The molecule has 0 N–H and O–H groups in total. The molecule has 1 aromatic carbocycles. The third-order valence-corrected chi connectivity index (χ3v) is 6.63. The fraction of sp³-hybridized carbons (Fsp3) is 0.300. The maximum atomic E-state index is 12.8. The quantitative estimate of drug-likeness (QED) is 0.550. The summed E-state index contributed by atoms with van der Waals surface area (Å²) >= 11 is 0. The van der Waals surface area contributed by atoms with Crippen LogP contribution in [0.25, 0.3) is 11.4 Å². The van der Waals surface area contributed by atoms with E-state index in [1.165, 1.54) is 28.6 Å². The predicted molar refractivity (Wildman–Crippen MR) is 106 cm³/mol. The number of piperidine rings is 1. The van der Waals surface area contributed by atoms with Gasteiger partial charge in [-0.15, -0.1) is 0 Å². The summed E-state index contributed by atoms with van der Waals surface area (Å²) in [7, 11) is -3.63. The second-order valence-electron chi connectivity index (χ2n) is 6.82. The van der Waals surface area contributed by atoms with E-state index in [-0.39, 0.29) is 23.0 Å². The molecule has 0 bridgehead atoms. The molecule has 4 rings (SSSR count). The van der Waals surface area contributed by atoms with Crippen molar-refractivity contribution in [1.29, 1.82) is 0 Å². The molecular formula is C20H20N4O5S. The number of carbonyl (C=O) groups excluding carboxylic acids is 1. The standard InChI is InChI=1S/C20H20N4O5S/c25-20(28-14-18-22-19(23-29-18)16-7-5-9-21-13-16)15-6-4-8-17(12-15)30(26,27)24-10-2-1-3-11-24/h4-9,12-13H,1-3,10-11,14H2. The van der Waals surface area contributed by atoms with Gasteiger partial charge >= 0.3 is 5.97 Å². The Hall–Kier alpha value is -3.11. The Kier molecular flexibility index (Phi) is 5.86. The fourth-order valence-electron chi connectivity index (χ4n) is 3.17. The van der Waals surface area contributed by atoms with Crippen molar-refractivity contribution < 1.29 is 22.5 Å². The molecular weight excluding hydrogens is 408 g/mol. The molecule has 3 aromatic rings. The minimum absolute atomic E-state index is 0.0792. The van der Waals surface area contributed by atoms with E-state index in [0.29, 0.717) is 24.5 Å². The monoisotopic (exact) mass is 428 g/mol. The summed E-state index contributed by atoms with van der Waals surface area (Å²) in [6.07, 6.45) is 5.93. The Bertz CT molecular complexity index is 1120. The summed E-state index contributed by atoms with van der Waals surface area (Å²) in [6.45, 7) is 0.760. The molecule has 1 aliphatic rings. The van der Waals surface area contributed by atoms with Crippen LogP contribution in [0.4, 0.5) is 0 Å². The summed E-state index contributed by atoms with van der Waals surface area (Å²) < 4.78 is 37.4. The summed E-state index contributed by atoms with van der Waals surface area (Å²) in [6, 6.07) is 9.38. The highest BCUT2D eigenvalue weighted by molar-refractivity contribution is 7.89. The zero-order valence-corrected chi connectivity index (χ0v) is 16.9. The predicted octanol–water partition coefficient (Wildman–Crippen LogP) is 2.66. The van der Waals surface area contributed by atoms with Crippen LogP contribution in [0.15, 0.2) is 58.2 Å². The van der Waals surface area contributed by atoms with Crippen molar-refractivity contribution in [3.05, 3.63) is 60.2 Å². The number of benzene rings is 1. The van der Waals surface area contributed by atoms with Gasteiger partial charge < -0.3 is 9.26 Å². The number of hydrogen-bond donors (Lipinski definition) is 0. The van der Waals surface area contributed by atoms with Gasteiger partial charge in [-0.3, -0.25) is 4.98 Å². The van der Waals surface area contributed by atoms with Crippen molar-refractivity contribution in [2.75, 3.05) is 13.1 Å². The number of nitrogens with zero attached hydrogens (tertiary/aromatic N) is 4. The van der Waals surface area contributed by atoms with Crippen LogP contribution in [-0.2, 0) is 21.4 Å². The lowest BCUT2D eigenvalue weighted by Crippen LogP contribution is -2.35. The fourth-order valence-corrected chi connectivity index (χ4v) is 4.74. The zero-order chi connectivity index (χ0) is 21.0. The molecule has 156 valence electrons. The number of hydrogen-bond acceptors (Lipinski definition) is 8. The number of ether oxygens (including phenoxy) is 1. The van der Waals surface area contributed by atoms with Gasteiger partial charge in [0.25, 0.3) is 5.89 Å². The summed E-state index contributed by atoms with van der Waals surface area (Å²) in [4.78, 5) is 20.7. The smallest absolute Gasteiger partial charge is 0.338 e. The zero-order valence-electron chi connectivity index (χ0n) is 16.1. The number of pyridine rings is 1. The van der Waals surface area contributed by atoms with Gasteiger partial charge in [-0.25, -0.2) is 13.2 Å². The molecule has 0 atom stereocenters. The second-order valence-corrected chi connectivity index (χ2v) is 8.76. The van der Waals surface area contributed by atoms with E-state index in [1.807, 2.05) is 0 Å². The third kappa shape index (κ3) is 4.39. The average molecular weight is 428 g/mol. The van der Waals surface area contributed by atoms with E-state index in [1.54, 1.807) is 24.5 Å². The van der Waals surface area contributed by atoms with Crippen molar-refractivity contribution in [2.45, 2.75) is 30.8 Å². The van der Waals surface area contributed by atoms with Gasteiger partial charge in [-0.05, 0) is 43.2 Å². The molecule has 0 spiro atoms. The molecule has 2 aromatic heterocycles. The molecule has 9 nitrogen and oxygen atoms in total. The van der Waals surface area contributed by atoms with Crippen LogP contribution in [0.5, 0.6) is 0 Å². The van der Waals surface area contributed by atoms with Crippen molar-refractivity contribution in [3.63, 3.8) is 0 Å². The van der Waals surface area contributed by atoms with E-state index >= 15 is 0 Å². The number of aromatic nitrogens is 3. The molecule has 1 aliphatic heterocycles. The lowest BCUT2D eigenvalue weighted by molar-refractivity contribution is 0.0429. The van der Waals surface area contributed by atoms with Crippen LogP contribution in [-0.4, -0.2) is 46.9 Å². The van der Waals surface area contributed by atoms with E-state index < -0.39 is 16.0 Å². The normalized spacial score (nSPS) is 15.1. The maximum absolute atomic E-state index is 12.8. The molecule has 0 radical (unpaired) electrons. The van der Waals surface area contributed by atoms with Crippen molar-refractivity contribution in [2.24, 2.45) is 0 Å². The first-order valence-electron chi connectivity index (χ1n) is 9.54. The molecule has 0 unspecified atom stereocenters. The molecule has 0 saturated carbocycles. The van der Waals surface area contributed by atoms with Crippen LogP contribution in [0.1, 0.15) is 35.5 Å². The van der Waals surface area contributed by atoms with Crippen LogP contribution in [0, 0.1) is 0 Å². The van der Waals surface area contributed by atoms with Crippen LogP contribution >= 0.6 is 0 Å². The average Bonchev–Trinajstić information content (AvgIpc) is 3.28. The number of rotatable bonds is 6. The van der Waals surface area contributed by atoms with Gasteiger partial charge in [0.15, 0.2) is 6.61 Å². The van der Waals surface area contributed by atoms with Gasteiger partial charge in [-0.2, -0.15) is 9.29 Å². The molecule has 1 fully saturated rings. The molecule has 10 heteroatoms. The minimum Gasteiger partial charge on any atom is -0.452 e. The minimum atomic E-state index is -3.63. The van der Waals surface area contributed by atoms with Gasteiger partial charge in [0, 0.05) is 31.0 Å². The Morgan fingerprint density at radius 3 is 2.73 bits per heavy atom. The van der Waals surface area contributed by atoms with E-state index in [2.05, 4.69) is 15.1 Å². The summed E-state index contributed by atoms with van der Waals surface area (Å²) in [5.74, 6) is -0.213. The van der Waals surface area contributed by atoms with E-state index in [4.69, 9.17) is 9.26 Å². The second kappa shape index (κ2) is 8.72. The van der Waals surface area contributed by atoms with Crippen LogP contribution in [0.2, 0.25) is 0 Å². The highest BCUT2D eigenvalue weighted by Gasteiger charge is 2.26.